The minimum atomic E-state index is -1.99. The maximum atomic E-state index is 9.42. The van der Waals surface area contributed by atoms with Crippen LogP contribution < -0.4 is 4.74 Å². The fourth-order valence-electron chi connectivity index (χ4n) is 3.73. The van der Waals surface area contributed by atoms with Crippen molar-refractivity contribution in [2.45, 2.75) is 103 Å². The Morgan fingerprint density at radius 3 is 2.03 bits per heavy atom. The predicted octanol–water partition coefficient (Wildman–Crippen LogP) is 6.93. The first kappa shape index (κ1) is 31.1. The normalized spacial score (nSPS) is 15.0. The Bertz CT molecular complexity index is 700. The summed E-state index contributed by atoms with van der Waals surface area (Å²) in [4.78, 5) is 0. The molecule has 0 aliphatic carbocycles. The largest absolute Gasteiger partial charge is 0.497 e. The second-order valence-corrected chi connectivity index (χ2v) is 20.1. The molecule has 5 nitrogen and oxygen atoms in total. The zero-order valence-electron chi connectivity index (χ0n) is 23.1. The molecule has 0 aliphatic rings. The van der Waals surface area contributed by atoms with Crippen LogP contribution in [0.25, 0.3) is 0 Å². The molecule has 34 heavy (non-hydrogen) atoms. The quantitative estimate of drug-likeness (QED) is 0.193. The highest BCUT2D eigenvalue weighted by atomic mass is 28.4. The van der Waals surface area contributed by atoms with Crippen LogP contribution >= 0.6 is 0 Å². The fraction of sp³-hybridized carbons (Fsp3) is 0.704. The third-order valence-electron chi connectivity index (χ3n) is 7.28. The van der Waals surface area contributed by atoms with E-state index in [9.17, 15) is 5.11 Å². The van der Waals surface area contributed by atoms with E-state index in [1.54, 1.807) is 13.2 Å². The molecule has 2 atom stereocenters. The third-order valence-corrected chi connectivity index (χ3v) is 16.5. The van der Waals surface area contributed by atoms with Gasteiger partial charge < -0.3 is 23.4 Å². The molecule has 0 saturated carbocycles. The van der Waals surface area contributed by atoms with E-state index in [0.29, 0.717) is 13.2 Å². The molecule has 1 N–H and O–H groups in total. The molecule has 0 fully saturated rings. The van der Waals surface area contributed by atoms with E-state index in [1.165, 1.54) is 0 Å². The van der Waals surface area contributed by atoms with Gasteiger partial charge in [-0.1, -0.05) is 65.8 Å². The highest BCUT2D eigenvalue weighted by molar-refractivity contribution is 6.74. The van der Waals surface area contributed by atoms with Crippen LogP contribution in [0.1, 0.15) is 53.5 Å². The molecular formula is C27H50O5Si2. The number of hydrogen-bond donors (Lipinski definition) is 1. The first-order valence-electron chi connectivity index (χ1n) is 12.8. The molecule has 0 heterocycles. The number of benzene rings is 1. The van der Waals surface area contributed by atoms with Gasteiger partial charge in [0.2, 0.25) is 0 Å². The van der Waals surface area contributed by atoms with Gasteiger partial charge in [-0.25, -0.2) is 0 Å². The van der Waals surface area contributed by atoms with Gasteiger partial charge in [0.05, 0.1) is 39.1 Å². The van der Waals surface area contributed by atoms with E-state index < -0.39 is 16.6 Å². The van der Waals surface area contributed by atoms with Crippen molar-refractivity contribution in [3.63, 3.8) is 0 Å². The lowest BCUT2D eigenvalue weighted by atomic mass is 10.1. The van der Waals surface area contributed by atoms with Gasteiger partial charge in [0.1, 0.15) is 5.75 Å². The highest BCUT2D eigenvalue weighted by Gasteiger charge is 2.40. The number of methoxy groups -OCH3 is 1. The molecule has 0 saturated heterocycles. The van der Waals surface area contributed by atoms with Crippen molar-refractivity contribution in [3.05, 3.63) is 42.0 Å². The standard InChI is InChI=1S/C27H50O5Si2/c1-10-34(11-2,12-3)32-26(22-30-21-23-15-17-24(29-7)18-16-23)20-25(14-13-19-28)31-33(8,9)27(4,5)6/h13-18,25-26,28H,10-12,19-22H2,1-9H3/b14-13-/t25-,26+/m0/s1. The molecule has 0 aliphatic heterocycles. The molecule has 7 heteroatoms. The van der Waals surface area contributed by atoms with Gasteiger partial charge in [0.25, 0.3) is 0 Å². The zero-order chi connectivity index (χ0) is 25.8. The zero-order valence-corrected chi connectivity index (χ0v) is 25.1. The van der Waals surface area contributed by atoms with E-state index >= 15 is 0 Å². The average Bonchev–Trinajstić information content (AvgIpc) is 2.80. The van der Waals surface area contributed by atoms with Gasteiger partial charge in [0.15, 0.2) is 16.6 Å². The Labute approximate surface area is 211 Å². The Balaban J connectivity index is 3.03. The van der Waals surface area contributed by atoms with E-state index in [2.05, 4.69) is 54.6 Å². The summed E-state index contributed by atoms with van der Waals surface area (Å²) in [6.45, 7) is 19.1. The van der Waals surface area contributed by atoms with Crippen molar-refractivity contribution in [1.29, 1.82) is 0 Å². The number of rotatable bonds is 16. The Morgan fingerprint density at radius 2 is 1.56 bits per heavy atom. The van der Waals surface area contributed by atoms with Crippen LogP contribution in [0.3, 0.4) is 0 Å². The summed E-state index contributed by atoms with van der Waals surface area (Å²) in [6, 6.07) is 11.3. The molecule has 0 bridgehead atoms. The van der Waals surface area contributed by atoms with Gasteiger partial charge in [-0.05, 0) is 54.0 Å². The van der Waals surface area contributed by atoms with Crippen LogP contribution in [-0.4, -0.2) is 54.3 Å². The van der Waals surface area contributed by atoms with Crippen molar-refractivity contribution >= 4 is 16.6 Å². The van der Waals surface area contributed by atoms with E-state index in [4.69, 9.17) is 18.3 Å². The lowest BCUT2D eigenvalue weighted by Gasteiger charge is -2.40. The molecule has 1 aromatic rings. The maximum Gasteiger partial charge on any atom is 0.192 e. The molecule has 0 unspecified atom stereocenters. The van der Waals surface area contributed by atoms with Crippen molar-refractivity contribution in [2.75, 3.05) is 20.3 Å². The SMILES string of the molecule is CC[Si](CC)(CC)O[C@@H](COCc1ccc(OC)cc1)C[C@H](/C=C\CO)O[Si](C)(C)C(C)(C)C. The molecule has 0 radical (unpaired) electrons. The summed E-state index contributed by atoms with van der Waals surface area (Å²) < 4.78 is 25.1. The lowest BCUT2D eigenvalue weighted by Crippen LogP contribution is -2.46. The summed E-state index contributed by atoms with van der Waals surface area (Å²) in [5, 5.41) is 9.53. The summed E-state index contributed by atoms with van der Waals surface area (Å²) >= 11 is 0. The van der Waals surface area contributed by atoms with Gasteiger partial charge in [0, 0.05) is 6.42 Å². The summed E-state index contributed by atoms with van der Waals surface area (Å²) in [5.41, 5.74) is 1.11. The average molecular weight is 511 g/mol. The molecule has 196 valence electrons. The van der Waals surface area contributed by atoms with Crippen LogP contribution in [0.5, 0.6) is 5.75 Å². The Morgan fingerprint density at radius 1 is 0.971 bits per heavy atom. The third kappa shape index (κ3) is 9.95. The molecule has 1 aromatic carbocycles. The summed E-state index contributed by atoms with van der Waals surface area (Å²) in [6.07, 6.45) is 4.35. The Hall–Kier alpha value is -0.966. The van der Waals surface area contributed by atoms with Crippen molar-refractivity contribution < 1.29 is 23.4 Å². The van der Waals surface area contributed by atoms with Gasteiger partial charge in [-0.3, -0.25) is 0 Å². The van der Waals surface area contributed by atoms with Gasteiger partial charge in [-0.15, -0.1) is 0 Å². The Kier molecular flexibility index (Phi) is 13.3. The number of aliphatic hydroxyl groups is 1. The molecular weight excluding hydrogens is 460 g/mol. The monoisotopic (exact) mass is 510 g/mol. The topological polar surface area (TPSA) is 57.2 Å². The first-order chi connectivity index (χ1) is 16.0. The summed E-state index contributed by atoms with van der Waals surface area (Å²) in [5.74, 6) is 0.843. The first-order valence-corrected chi connectivity index (χ1v) is 18.2. The lowest BCUT2D eigenvalue weighted by molar-refractivity contribution is 0.0171. The van der Waals surface area contributed by atoms with Crippen molar-refractivity contribution in [1.82, 2.24) is 0 Å². The van der Waals surface area contributed by atoms with Gasteiger partial charge >= 0.3 is 0 Å². The predicted molar refractivity (Wildman–Crippen MR) is 148 cm³/mol. The fourth-order valence-corrected chi connectivity index (χ4v) is 7.88. The van der Waals surface area contributed by atoms with E-state index in [0.717, 1.165) is 35.9 Å². The minimum Gasteiger partial charge on any atom is -0.497 e. The van der Waals surface area contributed by atoms with E-state index in [-0.39, 0.29) is 23.9 Å². The molecule has 0 spiro atoms. The smallest absolute Gasteiger partial charge is 0.192 e. The second kappa shape index (κ2) is 14.6. The van der Waals surface area contributed by atoms with Crippen LogP contribution in [0.15, 0.2) is 36.4 Å². The van der Waals surface area contributed by atoms with Gasteiger partial charge in [-0.2, -0.15) is 0 Å². The number of hydrogen-bond acceptors (Lipinski definition) is 5. The van der Waals surface area contributed by atoms with Crippen LogP contribution in [0, 0.1) is 0 Å². The maximum absolute atomic E-state index is 9.42. The van der Waals surface area contributed by atoms with Crippen LogP contribution in [0.2, 0.25) is 36.3 Å². The molecule has 0 aromatic heterocycles. The number of aliphatic hydroxyl groups excluding tert-OH is 1. The van der Waals surface area contributed by atoms with Crippen molar-refractivity contribution in [2.24, 2.45) is 0 Å². The minimum absolute atomic E-state index is 0.00836. The summed E-state index contributed by atoms with van der Waals surface area (Å²) in [7, 11) is -2.15. The van der Waals surface area contributed by atoms with E-state index in [1.807, 2.05) is 30.3 Å². The number of ether oxygens (including phenoxy) is 2. The van der Waals surface area contributed by atoms with Crippen LogP contribution in [0.4, 0.5) is 0 Å². The molecule has 0 amide bonds. The second-order valence-electron chi connectivity index (χ2n) is 10.6. The van der Waals surface area contributed by atoms with Crippen molar-refractivity contribution in [3.8, 4) is 5.75 Å². The van der Waals surface area contributed by atoms with Crippen LogP contribution in [-0.2, 0) is 20.2 Å². The molecule has 1 rings (SSSR count). The highest BCUT2D eigenvalue weighted by Crippen LogP contribution is 2.38.